The van der Waals surface area contributed by atoms with Gasteiger partial charge in [0.1, 0.15) is 18.2 Å². The lowest BCUT2D eigenvalue weighted by molar-refractivity contribution is 0.300. The van der Waals surface area contributed by atoms with Crippen LogP contribution in [0.15, 0.2) is 59.8 Å². The van der Waals surface area contributed by atoms with Crippen molar-refractivity contribution in [3.63, 3.8) is 0 Å². The summed E-state index contributed by atoms with van der Waals surface area (Å²) in [7, 11) is 0. The molecule has 3 aromatic heterocycles. The second-order valence-electron chi connectivity index (χ2n) is 6.79. The summed E-state index contributed by atoms with van der Waals surface area (Å²) in [5.41, 5.74) is 1.28. The molecule has 0 bridgehead atoms. The second kappa shape index (κ2) is 9.07. The van der Waals surface area contributed by atoms with Crippen molar-refractivity contribution in [3.8, 4) is 11.4 Å². The molecule has 0 amide bonds. The van der Waals surface area contributed by atoms with Crippen LogP contribution in [0, 0.1) is 0 Å². The van der Waals surface area contributed by atoms with Gasteiger partial charge in [0.15, 0.2) is 0 Å². The lowest BCUT2D eigenvalue weighted by atomic mass is 10.3. The Bertz CT molecular complexity index is 997. The van der Waals surface area contributed by atoms with Gasteiger partial charge in [-0.05, 0) is 43.3 Å². The van der Waals surface area contributed by atoms with Gasteiger partial charge in [-0.15, -0.1) is 0 Å². The van der Waals surface area contributed by atoms with E-state index in [1.54, 1.807) is 41.4 Å². The predicted molar refractivity (Wildman–Crippen MR) is 113 cm³/mol. The molecule has 3 aromatic rings. The number of rotatable bonds is 5. The minimum absolute atomic E-state index is 0.180. The second-order valence-corrected chi connectivity index (χ2v) is 7.23. The van der Waals surface area contributed by atoms with Gasteiger partial charge in [-0.1, -0.05) is 11.6 Å². The highest BCUT2D eigenvalue weighted by Crippen LogP contribution is 2.16. The minimum Gasteiger partial charge on any atom is -0.487 e. The van der Waals surface area contributed by atoms with Crippen LogP contribution in [0.1, 0.15) is 12.1 Å². The van der Waals surface area contributed by atoms with Crippen LogP contribution in [0.3, 0.4) is 0 Å². The van der Waals surface area contributed by atoms with Gasteiger partial charge >= 0.3 is 0 Å². The lowest BCUT2D eigenvalue weighted by Gasteiger charge is -2.21. The third-order valence-corrected chi connectivity index (χ3v) is 4.96. The molecule has 7 nitrogen and oxygen atoms in total. The van der Waals surface area contributed by atoms with Crippen molar-refractivity contribution in [1.82, 2.24) is 19.9 Å². The van der Waals surface area contributed by atoms with Gasteiger partial charge < -0.3 is 15.0 Å². The summed E-state index contributed by atoms with van der Waals surface area (Å²) < 4.78 is 7.22. The molecule has 0 saturated carbocycles. The lowest BCUT2D eigenvalue weighted by Crippen LogP contribution is -2.28. The highest BCUT2D eigenvalue weighted by atomic mass is 35.5. The molecule has 1 fully saturated rings. The molecule has 1 aliphatic heterocycles. The summed E-state index contributed by atoms with van der Waals surface area (Å²) in [4.78, 5) is 23.5. The van der Waals surface area contributed by atoms with E-state index >= 15 is 0 Å². The topological polar surface area (TPSA) is 72.3 Å². The summed E-state index contributed by atoms with van der Waals surface area (Å²) in [5, 5.41) is 3.96. The van der Waals surface area contributed by atoms with Gasteiger partial charge in [-0.25, -0.2) is 4.98 Å². The van der Waals surface area contributed by atoms with E-state index < -0.39 is 0 Å². The van der Waals surface area contributed by atoms with E-state index in [4.69, 9.17) is 16.3 Å². The van der Waals surface area contributed by atoms with Gasteiger partial charge in [0.05, 0.1) is 22.6 Å². The normalized spacial score (nSPS) is 14.4. The first-order chi connectivity index (χ1) is 14.2. The van der Waals surface area contributed by atoms with Crippen molar-refractivity contribution in [2.45, 2.75) is 13.0 Å². The summed E-state index contributed by atoms with van der Waals surface area (Å²) in [6.07, 6.45) is 6.08. The van der Waals surface area contributed by atoms with E-state index in [1.165, 1.54) is 6.07 Å². The first-order valence-electron chi connectivity index (χ1n) is 9.57. The molecule has 1 N–H and O–H groups in total. The minimum atomic E-state index is -0.180. The molecule has 4 heterocycles. The molecule has 150 valence electrons. The maximum Gasteiger partial charge on any atom is 0.258 e. The zero-order valence-corrected chi connectivity index (χ0v) is 16.7. The molecule has 29 heavy (non-hydrogen) atoms. The van der Waals surface area contributed by atoms with Crippen LogP contribution in [0.25, 0.3) is 5.69 Å². The van der Waals surface area contributed by atoms with Crippen molar-refractivity contribution >= 4 is 17.4 Å². The van der Waals surface area contributed by atoms with E-state index in [2.05, 4.69) is 20.2 Å². The fraction of sp³-hybridized carbons (Fsp3) is 0.286. The monoisotopic (exact) mass is 411 g/mol. The van der Waals surface area contributed by atoms with E-state index in [0.717, 1.165) is 49.8 Å². The summed E-state index contributed by atoms with van der Waals surface area (Å²) in [6.45, 7) is 4.17. The summed E-state index contributed by atoms with van der Waals surface area (Å²) in [6, 6.07) is 10.6. The average molecular weight is 412 g/mol. The van der Waals surface area contributed by atoms with E-state index in [9.17, 15) is 4.79 Å². The molecule has 0 radical (unpaired) electrons. The zero-order valence-electron chi connectivity index (χ0n) is 15.9. The standard InChI is InChI=1S/C21H22ClN5O2/c22-16-2-3-17(24-13-16)15-29-19-6-10-27(21(28)12-19)18-4-5-20(25-14-18)26-9-1-7-23-8-11-26/h2-6,10,12-14,23H,1,7-9,11,15H2. The smallest absolute Gasteiger partial charge is 0.258 e. The van der Waals surface area contributed by atoms with Crippen molar-refractivity contribution in [1.29, 1.82) is 0 Å². The van der Waals surface area contributed by atoms with Crippen molar-refractivity contribution in [3.05, 3.63) is 76.1 Å². The number of anilines is 1. The highest BCUT2D eigenvalue weighted by molar-refractivity contribution is 6.30. The van der Waals surface area contributed by atoms with Crippen LogP contribution in [-0.4, -0.2) is 40.7 Å². The Morgan fingerprint density at radius 1 is 1.07 bits per heavy atom. The van der Waals surface area contributed by atoms with Gasteiger partial charge in [-0.2, -0.15) is 0 Å². The van der Waals surface area contributed by atoms with Gasteiger partial charge in [0.25, 0.3) is 5.56 Å². The predicted octanol–water partition coefficient (Wildman–Crippen LogP) is 2.66. The summed E-state index contributed by atoms with van der Waals surface area (Å²) >= 11 is 5.83. The largest absolute Gasteiger partial charge is 0.487 e. The molecule has 1 aliphatic rings. The molecule has 1 saturated heterocycles. The maximum atomic E-state index is 12.5. The van der Waals surface area contributed by atoms with Crippen molar-refractivity contribution < 1.29 is 4.74 Å². The Balaban J connectivity index is 1.44. The molecule has 0 aliphatic carbocycles. The number of pyridine rings is 3. The molecule has 0 spiro atoms. The summed E-state index contributed by atoms with van der Waals surface area (Å²) in [5.74, 6) is 1.42. The molecule has 0 atom stereocenters. The number of nitrogens with zero attached hydrogens (tertiary/aromatic N) is 4. The first-order valence-corrected chi connectivity index (χ1v) is 9.95. The Kier molecular flexibility index (Phi) is 6.07. The van der Waals surface area contributed by atoms with Gasteiger partial charge in [-0.3, -0.25) is 14.3 Å². The van der Waals surface area contributed by atoms with E-state index in [-0.39, 0.29) is 12.2 Å². The van der Waals surface area contributed by atoms with E-state index in [1.807, 2.05) is 12.1 Å². The van der Waals surface area contributed by atoms with Crippen LogP contribution in [0.5, 0.6) is 5.75 Å². The number of aromatic nitrogens is 3. The van der Waals surface area contributed by atoms with Crippen LogP contribution >= 0.6 is 11.6 Å². The Morgan fingerprint density at radius 2 is 2.00 bits per heavy atom. The number of halogens is 1. The average Bonchev–Trinajstić information content (AvgIpc) is 3.03. The number of hydrogen-bond acceptors (Lipinski definition) is 6. The fourth-order valence-corrected chi connectivity index (χ4v) is 3.31. The third-order valence-electron chi connectivity index (χ3n) is 4.74. The quantitative estimate of drug-likeness (QED) is 0.696. The number of nitrogens with one attached hydrogen (secondary N) is 1. The van der Waals surface area contributed by atoms with Crippen molar-refractivity contribution in [2.24, 2.45) is 0 Å². The molecular weight excluding hydrogens is 390 g/mol. The van der Waals surface area contributed by atoms with Crippen LogP contribution in [-0.2, 0) is 6.61 Å². The Labute approximate surface area is 173 Å². The molecule has 4 rings (SSSR count). The molecule has 8 heteroatoms. The van der Waals surface area contributed by atoms with Gasteiger partial charge in [0.2, 0.25) is 0 Å². The van der Waals surface area contributed by atoms with E-state index in [0.29, 0.717) is 10.8 Å². The molecule has 0 aromatic carbocycles. The SMILES string of the molecule is O=c1cc(OCc2ccc(Cl)cn2)ccn1-c1ccc(N2CCCNCC2)nc1. The molecular formula is C21H22ClN5O2. The van der Waals surface area contributed by atoms with Crippen LogP contribution in [0.2, 0.25) is 5.02 Å². The maximum absolute atomic E-state index is 12.5. The zero-order chi connectivity index (χ0) is 20.1. The van der Waals surface area contributed by atoms with Gasteiger partial charge in [0, 0.05) is 38.1 Å². The van der Waals surface area contributed by atoms with Crippen LogP contribution in [0.4, 0.5) is 5.82 Å². The fourth-order valence-electron chi connectivity index (χ4n) is 3.20. The van der Waals surface area contributed by atoms with Crippen LogP contribution < -0.4 is 20.5 Å². The first kappa shape index (κ1) is 19.4. The Hall–Kier alpha value is -2.90. The number of hydrogen-bond donors (Lipinski definition) is 1. The van der Waals surface area contributed by atoms with Crippen molar-refractivity contribution in [2.75, 3.05) is 31.1 Å². The number of ether oxygens (including phenoxy) is 1. The third kappa shape index (κ3) is 4.93. The molecule has 0 unspecified atom stereocenters. The highest BCUT2D eigenvalue weighted by Gasteiger charge is 2.11. The Morgan fingerprint density at radius 3 is 2.76 bits per heavy atom.